The highest BCUT2D eigenvalue weighted by atomic mass is 19.3. The Morgan fingerprint density at radius 3 is 2.64 bits per heavy atom. The predicted octanol–water partition coefficient (Wildman–Crippen LogP) is 2.99. The van der Waals surface area contributed by atoms with Crippen molar-refractivity contribution in [3.8, 4) is 0 Å². The van der Waals surface area contributed by atoms with Crippen molar-refractivity contribution in [1.82, 2.24) is 25.2 Å². The molecule has 0 radical (unpaired) electrons. The summed E-state index contributed by atoms with van der Waals surface area (Å²) in [5.74, 6) is -7.15. The molecule has 0 aliphatic carbocycles. The van der Waals surface area contributed by atoms with E-state index < -0.39 is 46.9 Å². The molecule has 174 valence electrons. The summed E-state index contributed by atoms with van der Waals surface area (Å²) in [5.41, 5.74) is -4.68. The molecule has 8 nitrogen and oxygen atoms in total. The molecule has 12 heteroatoms. The van der Waals surface area contributed by atoms with Gasteiger partial charge in [-0.25, -0.2) is 18.3 Å². The Balaban J connectivity index is 1.96. The fourth-order valence-corrected chi connectivity index (χ4v) is 2.98. The first-order valence-corrected chi connectivity index (χ1v) is 9.75. The average Bonchev–Trinajstić information content (AvgIpc) is 3.29. The first kappa shape index (κ1) is 24.0. The van der Waals surface area contributed by atoms with Crippen molar-refractivity contribution < 1.29 is 32.2 Å². The fraction of sp³-hybridized carbons (Fsp3) is 0.286. The van der Waals surface area contributed by atoms with Gasteiger partial charge in [-0.2, -0.15) is 8.78 Å². The fourth-order valence-electron chi connectivity index (χ4n) is 2.98. The molecule has 1 atom stereocenters. The summed E-state index contributed by atoms with van der Waals surface area (Å²) < 4.78 is 64.7. The highest BCUT2D eigenvalue weighted by Crippen LogP contribution is 2.46. The van der Waals surface area contributed by atoms with Gasteiger partial charge in [-0.05, 0) is 46.7 Å². The summed E-state index contributed by atoms with van der Waals surface area (Å²) in [6.07, 6.45) is 5.09. The summed E-state index contributed by atoms with van der Waals surface area (Å²) in [6, 6.07) is 4.01. The molecule has 0 fully saturated rings. The van der Waals surface area contributed by atoms with E-state index in [0.29, 0.717) is 18.1 Å². The van der Waals surface area contributed by atoms with E-state index in [0.717, 1.165) is 41.5 Å². The number of alkyl halides is 2. The number of ether oxygens (including phenoxy) is 1. The van der Waals surface area contributed by atoms with Gasteiger partial charge in [-0.15, -0.1) is 5.10 Å². The lowest BCUT2D eigenvalue weighted by Crippen LogP contribution is -2.48. The third-order valence-electron chi connectivity index (χ3n) is 4.65. The lowest BCUT2D eigenvalue weighted by molar-refractivity contribution is -0.207. The van der Waals surface area contributed by atoms with Crippen molar-refractivity contribution in [3.63, 3.8) is 0 Å². The van der Waals surface area contributed by atoms with Crippen LogP contribution in [0.25, 0.3) is 6.08 Å². The van der Waals surface area contributed by atoms with Crippen molar-refractivity contribution >= 4 is 12.0 Å². The van der Waals surface area contributed by atoms with E-state index in [1.807, 2.05) is 6.92 Å². The summed E-state index contributed by atoms with van der Waals surface area (Å²) >= 11 is 0. The molecule has 3 aromatic rings. The van der Waals surface area contributed by atoms with Gasteiger partial charge in [0, 0.05) is 23.9 Å². The minimum Gasteiger partial charge on any atom is -0.463 e. The van der Waals surface area contributed by atoms with Crippen LogP contribution in [0, 0.1) is 11.6 Å². The summed E-state index contributed by atoms with van der Waals surface area (Å²) in [7, 11) is 0. The molecule has 1 N–H and O–H groups in total. The van der Waals surface area contributed by atoms with Crippen LogP contribution in [0.4, 0.5) is 17.6 Å². The molecule has 1 unspecified atom stereocenters. The lowest BCUT2D eigenvalue weighted by atomic mass is 9.84. The normalized spacial score (nSPS) is 13.8. The second kappa shape index (κ2) is 9.86. The van der Waals surface area contributed by atoms with Crippen LogP contribution in [-0.2, 0) is 27.6 Å². The summed E-state index contributed by atoms with van der Waals surface area (Å²) in [4.78, 5) is 15.2. The number of carbonyl (C=O) groups excluding carboxylic acids is 1. The Hall–Kier alpha value is -3.67. The second-order valence-corrected chi connectivity index (χ2v) is 7.04. The van der Waals surface area contributed by atoms with E-state index >= 15 is 8.78 Å². The van der Waals surface area contributed by atoms with Crippen LogP contribution in [0.2, 0.25) is 0 Å². The first-order valence-electron chi connectivity index (χ1n) is 9.75. The largest absolute Gasteiger partial charge is 0.463 e. The van der Waals surface area contributed by atoms with Crippen molar-refractivity contribution in [2.45, 2.75) is 31.4 Å². The molecule has 3 rings (SSSR count). The number of aliphatic hydroxyl groups is 1. The Bertz CT molecular complexity index is 1120. The van der Waals surface area contributed by atoms with Crippen molar-refractivity contribution in [3.05, 3.63) is 77.4 Å². The van der Waals surface area contributed by atoms with E-state index in [2.05, 4.69) is 20.5 Å². The number of benzene rings is 1. The topological polar surface area (TPSA) is 103 Å². The van der Waals surface area contributed by atoms with Crippen LogP contribution in [0.3, 0.4) is 0 Å². The monoisotopic (exact) mass is 465 g/mol. The number of rotatable bonds is 9. The van der Waals surface area contributed by atoms with E-state index in [9.17, 15) is 18.7 Å². The Kier molecular flexibility index (Phi) is 7.16. The molecule has 0 bridgehead atoms. The molecule has 0 amide bonds. The van der Waals surface area contributed by atoms with Gasteiger partial charge in [0.25, 0.3) is 0 Å². The Morgan fingerprint density at radius 1 is 1.24 bits per heavy atom. The van der Waals surface area contributed by atoms with E-state index in [-0.39, 0.29) is 6.61 Å². The average molecular weight is 465 g/mol. The maximum atomic E-state index is 15.6. The molecule has 0 spiro atoms. The van der Waals surface area contributed by atoms with Crippen LogP contribution < -0.4 is 0 Å². The minimum atomic E-state index is -4.17. The number of hydrogen-bond donors (Lipinski definition) is 1. The Labute approximate surface area is 185 Å². The molecule has 0 aliphatic rings. The molecule has 1 aromatic carbocycles. The number of nitrogens with zero attached hydrogens (tertiary/aromatic N) is 5. The highest BCUT2D eigenvalue weighted by Gasteiger charge is 2.57. The molecular formula is C21H19F4N5O3. The molecule has 0 saturated heterocycles. The Morgan fingerprint density at radius 2 is 2.03 bits per heavy atom. The SMILES string of the molecule is CCCOC(=O)/C=C/c1ccc(C(F)(F)C(O)(Cn2cnnn2)c2ccc(F)cc2F)nc1. The number of esters is 1. The maximum Gasteiger partial charge on any atom is 0.330 e. The lowest BCUT2D eigenvalue weighted by Gasteiger charge is -2.35. The summed E-state index contributed by atoms with van der Waals surface area (Å²) in [6.45, 7) is 1.12. The molecule has 0 aliphatic heterocycles. The summed E-state index contributed by atoms with van der Waals surface area (Å²) in [5, 5.41) is 21.2. The van der Waals surface area contributed by atoms with E-state index in [4.69, 9.17) is 4.74 Å². The van der Waals surface area contributed by atoms with Gasteiger partial charge in [0.2, 0.25) is 0 Å². The smallest absolute Gasteiger partial charge is 0.330 e. The molecule has 0 saturated carbocycles. The number of carbonyl (C=O) groups is 1. The van der Waals surface area contributed by atoms with Gasteiger partial charge in [0.15, 0.2) is 5.60 Å². The zero-order valence-corrected chi connectivity index (χ0v) is 17.3. The van der Waals surface area contributed by atoms with E-state index in [1.165, 1.54) is 12.1 Å². The van der Waals surface area contributed by atoms with Crippen LogP contribution in [0.15, 0.2) is 48.9 Å². The molecular weight excluding hydrogens is 446 g/mol. The van der Waals surface area contributed by atoms with Crippen LogP contribution in [0.5, 0.6) is 0 Å². The van der Waals surface area contributed by atoms with Crippen molar-refractivity contribution in [2.24, 2.45) is 0 Å². The number of halogens is 4. The number of tetrazole rings is 1. The quantitative estimate of drug-likeness (QED) is 0.294. The van der Waals surface area contributed by atoms with Gasteiger partial charge in [-0.1, -0.05) is 13.0 Å². The zero-order chi connectivity index (χ0) is 24.1. The minimum absolute atomic E-state index is 0.242. The first-order chi connectivity index (χ1) is 15.7. The predicted molar refractivity (Wildman–Crippen MR) is 106 cm³/mol. The third kappa shape index (κ3) is 5.22. The van der Waals surface area contributed by atoms with E-state index in [1.54, 1.807) is 0 Å². The maximum absolute atomic E-state index is 15.6. The zero-order valence-electron chi connectivity index (χ0n) is 17.3. The van der Waals surface area contributed by atoms with Gasteiger partial charge in [0.05, 0.1) is 13.2 Å². The van der Waals surface area contributed by atoms with Gasteiger partial charge in [-0.3, -0.25) is 4.98 Å². The number of hydrogen-bond acceptors (Lipinski definition) is 7. The van der Waals surface area contributed by atoms with Gasteiger partial charge < -0.3 is 9.84 Å². The molecule has 33 heavy (non-hydrogen) atoms. The second-order valence-electron chi connectivity index (χ2n) is 7.04. The molecule has 2 heterocycles. The number of pyridine rings is 1. The van der Waals surface area contributed by atoms with Crippen molar-refractivity contribution in [2.75, 3.05) is 6.61 Å². The van der Waals surface area contributed by atoms with Crippen molar-refractivity contribution in [1.29, 1.82) is 0 Å². The van der Waals surface area contributed by atoms with Gasteiger partial charge in [0.1, 0.15) is 23.7 Å². The third-order valence-corrected chi connectivity index (χ3v) is 4.65. The number of aromatic nitrogens is 5. The van der Waals surface area contributed by atoms with Crippen LogP contribution in [0.1, 0.15) is 30.2 Å². The standard InChI is InChI=1S/C21H19F4N5O3/c1-2-9-33-19(31)8-4-14-3-7-18(26-11-14)21(24,25)20(32,12-30-13-27-28-29-30)16-6-5-15(22)10-17(16)23/h3-8,10-11,13,32H,2,9,12H2,1H3/b8-4+. The van der Waals surface area contributed by atoms with Crippen LogP contribution in [-0.4, -0.2) is 42.9 Å². The van der Waals surface area contributed by atoms with Gasteiger partial charge >= 0.3 is 11.9 Å². The highest BCUT2D eigenvalue weighted by molar-refractivity contribution is 5.86. The molecule has 2 aromatic heterocycles. The van der Waals surface area contributed by atoms with Crippen LogP contribution >= 0.6 is 0 Å².